The summed E-state index contributed by atoms with van der Waals surface area (Å²) in [6.45, 7) is 13.1. The van der Waals surface area contributed by atoms with Gasteiger partial charge in [-0.05, 0) is 40.2 Å². The van der Waals surface area contributed by atoms with Crippen LogP contribution in [0.4, 0.5) is 0 Å². The van der Waals surface area contributed by atoms with E-state index in [-0.39, 0.29) is 5.54 Å². The second kappa shape index (κ2) is 7.25. The van der Waals surface area contributed by atoms with Gasteiger partial charge in [0, 0.05) is 19.2 Å². The van der Waals surface area contributed by atoms with Crippen LogP contribution in [0.1, 0.15) is 41.0 Å². The molecule has 2 unspecified atom stereocenters. The summed E-state index contributed by atoms with van der Waals surface area (Å²) in [4.78, 5) is 2.36. The third-order valence-electron chi connectivity index (χ3n) is 3.38. The summed E-state index contributed by atoms with van der Waals surface area (Å²) in [6, 6.07) is 0.536. The largest absolute Gasteiger partial charge is 0.380 e. The molecule has 0 heterocycles. The molecule has 0 saturated carbocycles. The Kier molecular flexibility index (Phi) is 7.20. The molecular weight excluding hydrogens is 200 g/mol. The van der Waals surface area contributed by atoms with Crippen LogP contribution in [0, 0.1) is 5.92 Å². The van der Waals surface area contributed by atoms with Gasteiger partial charge in [-0.15, -0.1) is 0 Å². The molecule has 0 bridgehead atoms. The van der Waals surface area contributed by atoms with Crippen molar-refractivity contribution in [2.24, 2.45) is 11.7 Å². The van der Waals surface area contributed by atoms with Crippen molar-refractivity contribution in [2.75, 3.05) is 26.8 Å². The third kappa shape index (κ3) is 4.81. The van der Waals surface area contributed by atoms with Crippen molar-refractivity contribution >= 4 is 0 Å². The summed E-state index contributed by atoms with van der Waals surface area (Å²) < 4.78 is 5.54. The third-order valence-corrected chi connectivity index (χ3v) is 3.38. The van der Waals surface area contributed by atoms with Crippen LogP contribution >= 0.6 is 0 Å². The molecule has 0 aliphatic heterocycles. The Balaban J connectivity index is 4.42. The number of hydrogen-bond acceptors (Lipinski definition) is 3. The fourth-order valence-corrected chi connectivity index (χ4v) is 2.00. The molecule has 98 valence electrons. The van der Waals surface area contributed by atoms with Crippen molar-refractivity contribution in [3.05, 3.63) is 0 Å². The molecule has 0 radical (unpaired) electrons. The van der Waals surface area contributed by atoms with Crippen LogP contribution in [0.15, 0.2) is 0 Å². The SMILES string of the molecule is CCOCC(C)(CN)N(C)C(C)CC(C)C. The normalized spacial score (nSPS) is 17.8. The van der Waals surface area contributed by atoms with Gasteiger partial charge in [-0.1, -0.05) is 13.8 Å². The number of rotatable bonds is 8. The van der Waals surface area contributed by atoms with E-state index >= 15 is 0 Å². The zero-order chi connectivity index (χ0) is 12.8. The van der Waals surface area contributed by atoms with Crippen molar-refractivity contribution in [1.29, 1.82) is 0 Å². The van der Waals surface area contributed by atoms with Gasteiger partial charge in [0.1, 0.15) is 0 Å². The van der Waals surface area contributed by atoms with E-state index in [0.717, 1.165) is 6.61 Å². The molecule has 16 heavy (non-hydrogen) atoms. The molecule has 2 atom stereocenters. The first-order valence-corrected chi connectivity index (χ1v) is 6.38. The summed E-state index contributed by atoms with van der Waals surface area (Å²) in [5.41, 5.74) is 5.84. The molecule has 0 spiro atoms. The molecule has 0 rings (SSSR count). The summed E-state index contributed by atoms with van der Waals surface area (Å²) >= 11 is 0. The Morgan fingerprint density at radius 3 is 2.25 bits per heavy atom. The molecule has 0 amide bonds. The lowest BCUT2D eigenvalue weighted by Crippen LogP contribution is -2.56. The van der Waals surface area contributed by atoms with Gasteiger partial charge in [0.25, 0.3) is 0 Å². The number of ether oxygens (including phenoxy) is 1. The van der Waals surface area contributed by atoms with E-state index in [2.05, 4.69) is 39.6 Å². The molecule has 2 N–H and O–H groups in total. The minimum Gasteiger partial charge on any atom is -0.380 e. The lowest BCUT2D eigenvalue weighted by atomic mass is 9.96. The fourth-order valence-electron chi connectivity index (χ4n) is 2.00. The number of hydrogen-bond donors (Lipinski definition) is 1. The average molecular weight is 230 g/mol. The summed E-state index contributed by atoms with van der Waals surface area (Å²) in [5.74, 6) is 0.714. The van der Waals surface area contributed by atoms with E-state index in [0.29, 0.717) is 25.1 Å². The Hall–Kier alpha value is -0.120. The number of nitrogens with two attached hydrogens (primary N) is 1. The molecule has 0 fully saturated rings. The number of nitrogens with zero attached hydrogens (tertiary/aromatic N) is 1. The quantitative estimate of drug-likeness (QED) is 0.694. The van der Waals surface area contributed by atoms with E-state index < -0.39 is 0 Å². The van der Waals surface area contributed by atoms with Crippen molar-refractivity contribution in [1.82, 2.24) is 4.90 Å². The molecule has 0 aromatic rings. The predicted octanol–water partition coefficient (Wildman–Crippen LogP) is 2.11. The lowest BCUT2D eigenvalue weighted by Gasteiger charge is -2.42. The maximum atomic E-state index is 5.90. The van der Waals surface area contributed by atoms with Crippen molar-refractivity contribution in [3.63, 3.8) is 0 Å². The summed E-state index contributed by atoms with van der Waals surface area (Å²) in [7, 11) is 2.15. The predicted molar refractivity (Wildman–Crippen MR) is 70.6 cm³/mol. The smallest absolute Gasteiger partial charge is 0.0659 e. The van der Waals surface area contributed by atoms with E-state index in [1.165, 1.54) is 6.42 Å². The molecule has 0 aliphatic rings. The highest BCUT2D eigenvalue weighted by Crippen LogP contribution is 2.19. The average Bonchev–Trinajstić information content (AvgIpc) is 2.23. The highest BCUT2D eigenvalue weighted by molar-refractivity contribution is 4.88. The highest BCUT2D eigenvalue weighted by atomic mass is 16.5. The standard InChI is InChI=1S/C13H30N2O/c1-7-16-10-13(5,9-14)15(6)12(4)8-11(2)3/h11-12H,7-10,14H2,1-6H3. The second-order valence-corrected chi connectivity index (χ2v) is 5.43. The minimum atomic E-state index is -0.0513. The van der Waals surface area contributed by atoms with Gasteiger partial charge in [0.05, 0.1) is 12.1 Å². The van der Waals surface area contributed by atoms with Crippen LogP contribution in [-0.4, -0.2) is 43.3 Å². The van der Waals surface area contributed by atoms with Gasteiger partial charge in [-0.25, -0.2) is 0 Å². The van der Waals surface area contributed by atoms with Gasteiger partial charge in [0.2, 0.25) is 0 Å². The van der Waals surface area contributed by atoms with Crippen LogP contribution in [0.3, 0.4) is 0 Å². The van der Waals surface area contributed by atoms with E-state index in [1.54, 1.807) is 0 Å². The maximum absolute atomic E-state index is 5.90. The van der Waals surface area contributed by atoms with Gasteiger partial charge in [-0.3, -0.25) is 4.90 Å². The van der Waals surface area contributed by atoms with E-state index in [4.69, 9.17) is 10.5 Å². The first-order chi connectivity index (χ1) is 7.37. The van der Waals surface area contributed by atoms with E-state index in [1.807, 2.05) is 6.92 Å². The number of likely N-dealkylation sites (N-methyl/N-ethyl adjacent to an activating group) is 1. The van der Waals surface area contributed by atoms with Crippen molar-refractivity contribution in [3.8, 4) is 0 Å². The fraction of sp³-hybridized carbons (Fsp3) is 1.00. The van der Waals surface area contributed by atoms with Gasteiger partial charge >= 0.3 is 0 Å². The highest BCUT2D eigenvalue weighted by Gasteiger charge is 2.31. The summed E-state index contributed by atoms with van der Waals surface area (Å²) in [5, 5.41) is 0. The Morgan fingerprint density at radius 1 is 1.31 bits per heavy atom. The van der Waals surface area contributed by atoms with Gasteiger partial charge in [-0.2, -0.15) is 0 Å². The van der Waals surface area contributed by atoms with Crippen LogP contribution in [-0.2, 0) is 4.74 Å². The molecule has 3 heteroatoms. The van der Waals surface area contributed by atoms with Crippen molar-refractivity contribution in [2.45, 2.75) is 52.6 Å². The first kappa shape index (κ1) is 15.9. The lowest BCUT2D eigenvalue weighted by molar-refractivity contribution is 0.00202. The summed E-state index contributed by atoms with van der Waals surface area (Å²) in [6.07, 6.45) is 1.19. The minimum absolute atomic E-state index is 0.0513. The second-order valence-electron chi connectivity index (χ2n) is 5.43. The van der Waals surface area contributed by atoms with Gasteiger partial charge < -0.3 is 10.5 Å². The molecule has 0 aromatic carbocycles. The van der Waals surface area contributed by atoms with Crippen LogP contribution in [0.25, 0.3) is 0 Å². The molecule has 0 saturated heterocycles. The Morgan fingerprint density at radius 2 is 1.88 bits per heavy atom. The molecule has 3 nitrogen and oxygen atoms in total. The van der Waals surface area contributed by atoms with Crippen molar-refractivity contribution < 1.29 is 4.74 Å². The van der Waals surface area contributed by atoms with Crippen LogP contribution in [0.2, 0.25) is 0 Å². The topological polar surface area (TPSA) is 38.5 Å². The van der Waals surface area contributed by atoms with Crippen LogP contribution < -0.4 is 5.73 Å². The molecule has 0 aromatic heterocycles. The monoisotopic (exact) mass is 230 g/mol. The van der Waals surface area contributed by atoms with Crippen LogP contribution in [0.5, 0.6) is 0 Å². The first-order valence-electron chi connectivity index (χ1n) is 6.38. The van der Waals surface area contributed by atoms with E-state index in [9.17, 15) is 0 Å². The van der Waals surface area contributed by atoms with Gasteiger partial charge in [0.15, 0.2) is 0 Å². The molecular formula is C13H30N2O. The maximum Gasteiger partial charge on any atom is 0.0659 e. The Labute approximate surface area is 101 Å². The zero-order valence-electron chi connectivity index (χ0n) is 11.9. The Bertz CT molecular complexity index is 185. The molecule has 0 aliphatic carbocycles. The zero-order valence-corrected chi connectivity index (χ0v) is 11.9.